The molecule has 1 aromatic heterocycles. The smallest absolute Gasteiger partial charge is 0.392 e. The Morgan fingerprint density at radius 1 is 1.14 bits per heavy atom. The van der Waals surface area contributed by atoms with Gasteiger partial charge in [0.1, 0.15) is 0 Å². The van der Waals surface area contributed by atoms with Gasteiger partial charge in [-0.25, -0.2) is 9.97 Å². The molecule has 2 rings (SSSR count). The van der Waals surface area contributed by atoms with E-state index in [-0.39, 0.29) is 6.42 Å². The molecular weight excluding hydrogens is 313 g/mol. The summed E-state index contributed by atoms with van der Waals surface area (Å²) >= 11 is 1.31. The highest BCUT2D eigenvalue weighted by molar-refractivity contribution is 7.99. The molecule has 0 amide bonds. The van der Waals surface area contributed by atoms with E-state index in [1.165, 1.54) is 23.9 Å². The van der Waals surface area contributed by atoms with Gasteiger partial charge in [-0.2, -0.15) is 13.2 Å². The van der Waals surface area contributed by atoms with Gasteiger partial charge in [-0.3, -0.25) is 0 Å². The molecule has 0 bridgehead atoms. The molecule has 0 saturated carbocycles. The van der Waals surface area contributed by atoms with Crippen LogP contribution in [0.1, 0.15) is 16.7 Å². The molecule has 0 spiro atoms. The summed E-state index contributed by atoms with van der Waals surface area (Å²) in [4.78, 5) is 8.22. The summed E-state index contributed by atoms with van der Waals surface area (Å²) in [5.41, 5.74) is 0.925. The van der Waals surface area contributed by atoms with Gasteiger partial charge in [0.15, 0.2) is 5.16 Å². The third kappa shape index (κ3) is 4.99. The first-order valence-corrected chi connectivity index (χ1v) is 7.59. The summed E-state index contributed by atoms with van der Waals surface area (Å²) in [6.07, 6.45) is -1.34. The van der Waals surface area contributed by atoms with Crippen molar-refractivity contribution in [2.45, 2.75) is 30.8 Å². The Morgan fingerprint density at radius 2 is 1.73 bits per heavy atom. The molecule has 0 aliphatic heterocycles. The second kappa shape index (κ2) is 7.11. The van der Waals surface area contributed by atoms with Gasteiger partial charge in [-0.1, -0.05) is 23.9 Å². The number of nitrogens with zero attached hydrogens (tertiary/aromatic N) is 2. The number of aliphatic hydroxyl groups excluding tert-OH is 1. The number of rotatable bonds is 5. The van der Waals surface area contributed by atoms with Crippen molar-refractivity contribution in [3.8, 4) is 0 Å². The zero-order valence-electron chi connectivity index (χ0n) is 11.8. The molecule has 2 aromatic rings. The summed E-state index contributed by atoms with van der Waals surface area (Å²) < 4.78 is 37.4. The Kier molecular flexibility index (Phi) is 5.42. The van der Waals surface area contributed by atoms with Crippen LogP contribution in [0.25, 0.3) is 0 Å². The van der Waals surface area contributed by atoms with Crippen molar-refractivity contribution in [2.75, 3.05) is 5.75 Å². The van der Waals surface area contributed by atoms with Gasteiger partial charge in [0.25, 0.3) is 0 Å². The highest BCUT2D eigenvalue weighted by atomic mass is 32.2. The predicted molar refractivity (Wildman–Crippen MR) is 78.6 cm³/mol. The number of thioether (sulfide) groups is 1. The van der Waals surface area contributed by atoms with Crippen molar-refractivity contribution in [3.05, 3.63) is 53.3 Å². The molecule has 1 N–H and O–H groups in total. The van der Waals surface area contributed by atoms with Crippen molar-refractivity contribution in [2.24, 2.45) is 0 Å². The zero-order chi connectivity index (χ0) is 16.2. The fourth-order valence-corrected chi connectivity index (χ4v) is 2.50. The Hall–Kier alpha value is -1.60. The summed E-state index contributed by atoms with van der Waals surface area (Å²) in [5, 5.41) is 10.5. The topological polar surface area (TPSA) is 46.0 Å². The number of alkyl halides is 3. The largest absolute Gasteiger partial charge is 0.416 e. The number of halogens is 3. The van der Waals surface area contributed by atoms with Crippen LogP contribution >= 0.6 is 11.8 Å². The first-order valence-electron chi connectivity index (χ1n) is 6.60. The van der Waals surface area contributed by atoms with E-state index >= 15 is 0 Å². The lowest BCUT2D eigenvalue weighted by atomic mass is 10.1. The lowest BCUT2D eigenvalue weighted by molar-refractivity contribution is -0.137. The van der Waals surface area contributed by atoms with Crippen LogP contribution in [0.3, 0.4) is 0 Å². The Bertz CT molecular complexity index is 600. The monoisotopic (exact) mass is 328 g/mol. The Labute approximate surface area is 130 Å². The van der Waals surface area contributed by atoms with E-state index in [1.807, 2.05) is 6.92 Å². The fraction of sp³-hybridized carbons (Fsp3) is 0.333. The molecule has 0 saturated heterocycles. The number of hydrogen-bond donors (Lipinski definition) is 1. The maximum absolute atomic E-state index is 12.5. The molecule has 0 aliphatic rings. The van der Waals surface area contributed by atoms with Crippen molar-refractivity contribution >= 4 is 11.8 Å². The molecule has 118 valence electrons. The van der Waals surface area contributed by atoms with Crippen LogP contribution in [0.15, 0.2) is 41.8 Å². The van der Waals surface area contributed by atoms with E-state index in [0.29, 0.717) is 16.5 Å². The third-order valence-corrected chi connectivity index (χ3v) is 3.94. The Morgan fingerprint density at radius 3 is 2.27 bits per heavy atom. The summed E-state index contributed by atoms with van der Waals surface area (Å²) in [7, 11) is 0. The number of hydrogen-bond acceptors (Lipinski definition) is 4. The molecular formula is C15H15F3N2OS. The molecule has 7 heteroatoms. The zero-order valence-corrected chi connectivity index (χ0v) is 12.7. The molecule has 1 heterocycles. The van der Waals surface area contributed by atoms with Crippen LogP contribution in [0, 0.1) is 6.92 Å². The van der Waals surface area contributed by atoms with E-state index < -0.39 is 17.8 Å². The van der Waals surface area contributed by atoms with E-state index in [4.69, 9.17) is 0 Å². The molecule has 1 unspecified atom stereocenters. The minimum Gasteiger partial charge on any atom is -0.392 e. The SMILES string of the molecule is Cc1cnc(SCC(O)Cc2ccc(C(F)(F)F)cc2)nc1. The highest BCUT2D eigenvalue weighted by Gasteiger charge is 2.29. The predicted octanol–water partition coefficient (Wildman–Crippen LogP) is 3.50. The number of aryl methyl sites for hydroxylation is 1. The maximum Gasteiger partial charge on any atom is 0.416 e. The Balaban J connectivity index is 1.86. The number of aliphatic hydroxyl groups is 1. The molecule has 1 aromatic carbocycles. The molecule has 1 atom stereocenters. The van der Waals surface area contributed by atoms with Crippen LogP contribution in [0.4, 0.5) is 13.2 Å². The second-order valence-corrected chi connectivity index (χ2v) is 5.89. The first-order chi connectivity index (χ1) is 10.3. The summed E-state index contributed by atoms with van der Waals surface area (Å²) in [6, 6.07) is 4.83. The van der Waals surface area contributed by atoms with Crippen molar-refractivity contribution in [1.29, 1.82) is 0 Å². The van der Waals surface area contributed by atoms with E-state index in [0.717, 1.165) is 17.7 Å². The first kappa shape index (κ1) is 16.8. The fourth-order valence-electron chi connectivity index (χ4n) is 1.79. The van der Waals surface area contributed by atoms with E-state index in [2.05, 4.69) is 9.97 Å². The molecule has 0 aliphatic carbocycles. The van der Waals surface area contributed by atoms with Crippen LogP contribution in [0.5, 0.6) is 0 Å². The van der Waals surface area contributed by atoms with Crippen molar-refractivity contribution < 1.29 is 18.3 Å². The minimum absolute atomic E-state index is 0.289. The average Bonchev–Trinajstić information content (AvgIpc) is 2.46. The van der Waals surface area contributed by atoms with Gasteiger partial charge in [0.2, 0.25) is 0 Å². The van der Waals surface area contributed by atoms with Crippen molar-refractivity contribution in [1.82, 2.24) is 9.97 Å². The number of aromatic nitrogens is 2. The standard InChI is InChI=1S/C15H15F3N2OS/c1-10-7-19-14(20-8-10)22-9-13(21)6-11-2-4-12(5-3-11)15(16,17)18/h2-5,7-8,13,21H,6,9H2,1H3. The lowest BCUT2D eigenvalue weighted by Gasteiger charge is -2.11. The molecule has 3 nitrogen and oxygen atoms in total. The minimum atomic E-state index is -4.34. The maximum atomic E-state index is 12.5. The van der Waals surface area contributed by atoms with Gasteiger partial charge in [-0.15, -0.1) is 0 Å². The second-order valence-electron chi connectivity index (χ2n) is 4.91. The third-order valence-electron chi connectivity index (χ3n) is 2.91. The number of benzene rings is 1. The molecule has 0 radical (unpaired) electrons. The van der Waals surface area contributed by atoms with Crippen LogP contribution < -0.4 is 0 Å². The van der Waals surface area contributed by atoms with Crippen LogP contribution in [-0.4, -0.2) is 26.9 Å². The summed E-state index contributed by atoms with van der Waals surface area (Å²) in [6.45, 7) is 1.88. The van der Waals surface area contributed by atoms with Gasteiger partial charge in [0.05, 0.1) is 11.7 Å². The van der Waals surface area contributed by atoms with Gasteiger partial charge in [-0.05, 0) is 36.6 Å². The molecule has 22 heavy (non-hydrogen) atoms. The van der Waals surface area contributed by atoms with Gasteiger partial charge in [0, 0.05) is 18.1 Å². The van der Waals surface area contributed by atoms with Gasteiger partial charge < -0.3 is 5.11 Å². The molecule has 0 fully saturated rings. The van der Waals surface area contributed by atoms with Crippen LogP contribution in [0.2, 0.25) is 0 Å². The summed E-state index contributed by atoms with van der Waals surface area (Å²) in [5.74, 6) is 0.379. The van der Waals surface area contributed by atoms with Crippen LogP contribution in [-0.2, 0) is 12.6 Å². The average molecular weight is 328 g/mol. The van der Waals surface area contributed by atoms with E-state index in [1.54, 1.807) is 12.4 Å². The van der Waals surface area contributed by atoms with Crippen molar-refractivity contribution in [3.63, 3.8) is 0 Å². The lowest BCUT2D eigenvalue weighted by Crippen LogP contribution is -2.14. The van der Waals surface area contributed by atoms with E-state index in [9.17, 15) is 18.3 Å². The quantitative estimate of drug-likeness (QED) is 0.674. The van der Waals surface area contributed by atoms with Gasteiger partial charge >= 0.3 is 6.18 Å². The highest BCUT2D eigenvalue weighted by Crippen LogP contribution is 2.29. The normalized spacial score (nSPS) is 13.1.